The second kappa shape index (κ2) is 7.94. The molecule has 0 aliphatic carbocycles. The van der Waals surface area contributed by atoms with Gasteiger partial charge in [0.05, 0.1) is 29.6 Å². The number of aromatic nitrogens is 3. The van der Waals surface area contributed by atoms with E-state index in [2.05, 4.69) is 15.4 Å². The maximum atomic E-state index is 13.3. The first-order chi connectivity index (χ1) is 15.2. The van der Waals surface area contributed by atoms with Crippen molar-refractivity contribution in [2.45, 2.75) is 19.4 Å². The molecule has 0 atom stereocenters. The van der Waals surface area contributed by atoms with E-state index in [-0.39, 0.29) is 41.5 Å². The van der Waals surface area contributed by atoms with Gasteiger partial charge in [0.1, 0.15) is 18.2 Å². The van der Waals surface area contributed by atoms with E-state index in [1.807, 2.05) is 0 Å². The average Bonchev–Trinajstić information content (AvgIpc) is 3.16. The Labute approximate surface area is 178 Å². The summed E-state index contributed by atoms with van der Waals surface area (Å²) in [6.45, 7) is -1.01. The molecule has 32 heavy (non-hydrogen) atoms. The molecule has 12 heteroatoms. The largest absolute Gasteiger partial charge is 0.416 e. The lowest BCUT2D eigenvalue weighted by atomic mass is 10.1. The fraction of sp³-hybridized carbons (Fsp3) is 0.200. The van der Waals surface area contributed by atoms with Crippen LogP contribution in [0.2, 0.25) is 0 Å². The van der Waals surface area contributed by atoms with Crippen molar-refractivity contribution in [3.63, 3.8) is 0 Å². The lowest BCUT2D eigenvalue weighted by molar-refractivity contribution is -0.138. The number of nitrogens with zero attached hydrogens (tertiary/aromatic N) is 4. The number of hydrogen-bond acceptors (Lipinski definition) is 5. The molecule has 2 aromatic heterocycles. The van der Waals surface area contributed by atoms with Gasteiger partial charge in [0.2, 0.25) is 0 Å². The van der Waals surface area contributed by atoms with Gasteiger partial charge in [-0.1, -0.05) is 0 Å². The lowest BCUT2D eigenvalue weighted by Gasteiger charge is -2.29. The highest BCUT2D eigenvalue weighted by Crippen LogP contribution is 2.35. The van der Waals surface area contributed by atoms with Gasteiger partial charge in [-0.3, -0.25) is 14.3 Å². The Hall–Kier alpha value is -3.96. The summed E-state index contributed by atoms with van der Waals surface area (Å²) in [6.07, 6.45) is -2.00. The standard InChI is InChI=1S/C20H16F4N6O2/c21-9-11-8-12(3-4-14(11)20(22,23)24)29-6-7-30-16(19(29)32)15(10-27-30)28-18(31)13-2-1-5-26-17(13)25/h1-5,8,10H,6-7,9H2,(H2,25,26)(H,28,31). The van der Waals surface area contributed by atoms with Crippen LogP contribution in [0.15, 0.2) is 42.7 Å². The molecule has 0 unspecified atom stereocenters. The summed E-state index contributed by atoms with van der Waals surface area (Å²) in [7, 11) is 0. The molecule has 1 aromatic carbocycles. The Morgan fingerprint density at radius 1 is 1.22 bits per heavy atom. The second-order valence-electron chi connectivity index (χ2n) is 6.95. The molecule has 1 aliphatic heterocycles. The van der Waals surface area contributed by atoms with Gasteiger partial charge in [-0.2, -0.15) is 18.3 Å². The number of nitrogens with one attached hydrogen (secondary N) is 1. The zero-order valence-corrected chi connectivity index (χ0v) is 16.4. The number of benzene rings is 1. The highest BCUT2D eigenvalue weighted by Gasteiger charge is 2.35. The number of anilines is 3. The number of nitrogen functional groups attached to an aromatic ring is 1. The van der Waals surface area contributed by atoms with E-state index >= 15 is 0 Å². The summed E-state index contributed by atoms with van der Waals surface area (Å²) in [5.41, 5.74) is 4.39. The number of hydrogen-bond donors (Lipinski definition) is 2. The van der Waals surface area contributed by atoms with Gasteiger partial charge in [0.15, 0.2) is 0 Å². The van der Waals surface area contributed by atoms with Gasteiger partial charge in [0, 0.05) is 18.4 Å². The normalized spacial score (nSPS) is 13.8. The first-order valence-corrected chi connectivity index (χ1v) is 9.36. The van der Waals surface area contributed by atoms with E-state index in [0.29, 0.717) is 0 Å². The lowest BCUT2D eigenvalue weighted by Crippen LogP contribution is -2.41. The van der Waals surface area contributed by atoms with Crippen molar-refractivity contribution in [1.82, 2.24) is 14.8 Å². The quantitative estimate of drug-likeness (QED) is 0.596. The van der Waals surface area contributed by atoms with Crippen molar-refractivity contribution < 1.29 is 27.2 Å². The van der Waals surface area contributed by atoms with Crippen LogP contribution in [0, 0.1) is 0 Å². The third-order valence-electron chi connectivity index (χ3n) is 5.00. The van der Waals surface area contributed by atoms with Gasteiger partial charge < -0.3 is 16.0 Å². The fourth-order valence-electron chi connectivity index (χ4n) is 3.48. The number of nitrogens with two attached hydrogens (primary N) is 1. The van der Waals surface area contributed by atoms with Crippen LogP contribution in [0.4, 0.5) is 34.8 Å². The number of pyridine rings is 1. The monoisotopic (exact) mass is 448 g/mol. The van der Waals surface area contributed by atoms with Crippen molar-refractivity contribution in [3.05, 3.63) is 65.1 Å². The van der Waals surface area contributed by atoms with Gasteiger partial charge >= 0.3 is 6.18 Å². The summed E-state index contributed by atoms with van der Waals surface area (Å²) in [6, 6.07) is 5.85. The van der Waals surface area contributed by atoms with Crippen molar-refractivity contribution in [1.29, 1.82) is 0 Å². The molecule has 0 saturated carbocycles. The molecular formula is C20H16F4N6O2. The predicted octanol–water partition coefficient (Wildman–Crippen LogP) is 3.26. The first kappa shape index (κ1) is 21.3. The zero-order valence-electron chi connectivity index (χ0n) is 16.4. The molecule has 8 nitrogen and oxygen atoms in total. The van der Waals surface area contributed by atoms with E-state index < -0.39 is 35.8 Å². The van der Waals surface area contributed by atoms with Crippen LogP contribution in [0.1, 0.15) is 32.0 Å². The average molecular weight is 448 g/mol. The zero-order chi connectivity index (χ0) is 23.0. The molecule has 3 heterocycles. The molecule has 1 aliphatic rings. The van der Waals surface area contributed by atoms with E-state index in [4.69, 9.17) is 5.73 Å². The van der Waals surface area contributed by atoms with Gasteiger partial charge in [-0.15, -0.1) is 0 Å². The Morgan fingerprint density at radius 3 is 2.69 bits per heavy atom. The second-order valence-corrected chi connectivity index (χ2v) is 6.95. The summed E-state index contributed by atoms with van der Waals surface area (Å²) < 4.78 is 53.9. The number of amides is 2. The smallest absolute Gasteiger partial charge is 0.383 e. The van der Waals surface area contributed by atoms with Crippen LogP contribution in [0.3, 0.4) is 0 Å². The first-order valence-electron chi connectivity index (χ1n) is 9.36. The minimum Gasteiger partial charge on any atom is -0.383 e. The van der Waals surface area contributed by atoms with Crippen molar-refractivity contribution >= 4 is 29.0 Å². The highest BCUT2D eigenvalue weighted by molar-refractivity contribution is 6.13. The molecule has 0 saturated heterocycles. The minimum absolute atomic E-state index is 0.00231. The summed E-state index contributed by atoms with van der Waals surface area (Å²) in [5.74, 6) is -1.21. The number of alkyl halides is 4. The molecule has 0 bridgehead atoms. The Bertz CT molecular complexity index is 1210. The maximum absolute atomic E-state index is 13.3. The third kappa shape index (κ3) is 3.74. The molecule has 0 radical (unpaired) electrons. The van der Waals surface area contributed by atoms with E-state index in [9.17, 15) is 27.2 Å². The minimum atomic E-state index is -4.71. The third-order valence-corrected chi connectivity index (χ3v) is 5.00. The van der Waals surface area contributed by atoms with Crippen molar-refractivity contribution in [2.75, 3.05) is 22.5 Å². The predicted molar refractivity (Wildman–Crippen MR) is 107 cm³/mol. The molecular weight excluding hydrogens is 432 g/mol. The Balaban J connectivity index is 1.64. The van der Waals surface area contributed by atoms with Gasteiger partial charge in [0.25, 0.3) is 11.8 Å². The number of carbonyl (C=O) groups excluding carboxylic acids is 2. The Morgan fingerprint density at radius 2 is 2.00 bits per heavy atom. The highest BCUT2D eigenvalue weighted by atomic mass is 19.4. The van der Waals surface area contributed by atoms with Crippen molar-refractivity contribution in [2.24, 2.45) is 0 Å². The molecule has 3 N–H and O–H groups in total. The number of fused-ring (bicyclic) bond motifs is 1. The molecule has 2 amide bonds. The van der Waals surface area contributed by atoms with Crippen molar-refractivity contribution in [3.8, 4) is 0 Å². The van der Waals surface area contributed by atoms with Gasteiger partial charge in [-0.05, 0) is 35.9 Å². The summed E-state index contributed by atoms with van der Waals surface area (Å²) >= 11 is 0. The van der Waals surface area contributed by atoms with Crippen LogP contribution in [0.25, 0.3) is 0 Å². The van der Waals surface area contributed by atoms with E-state index in [1.165, 1.54) is 34.1 Å². The maximum Gasteiger partial charge on any atom is 0.416 e. The van der Waals surface area contributed by atoms with E-state index in [0.717, 1.165) is 18.2 Å². The van der Waals surface area contributed by atoms with Crippen LogP contribution >= 0.6 is 0 Å². The molecule has 0 fully saturated rings. The van der Waals surface area contributed by atoms with E-state index in [1.54, 1.807) is 0 Å². The van der Waals surface area contributed by atoms with Crippen LogP contribution in [-0.4, -0.2) is 33.1 Å². The van der Waals surface area contributed by atoms with Crippen LogP contribution < -0.4 is 16.0 Å². The van der Waals surface area contributed by atoms with Gasteiger partial charge in [-0.25, -0.2) is 9.37 Å². The molecule has 3 aromatic rings. The molecule has 4 rings (SSSR count). The molecule has 0 spiro atoms. The molecule has 166 valence electrons. The number of halogens is 4. The number of carbonyl (C=O) groups is 2. The fourth-order valence-corrected chi connectivity index (χ4v) is 3.48. The summed E-state index contributed by atoms with van der Waals surface area (Å²) in [5, 5.41) is 6.65. The topological polar surface area (TPSA) is 106 Å². The SMILES string of the molecule is Nc1ncccc1C(=O)Nc1cnn2c1C(=O)N(c1ccc(C(F)(F)F)c(CF)c1)CC2. The summed E-state index contributed by atoms with van der Waals surface area (Å²) in [4.78, 5) is 30.7. The van der Waals surface area contributed by atoms with Crippen LogP contribution in [-0.2, 0) is 19.4 Å². The van der Waals surface area contributed by atoms with Crippen LogP contribution in [0.5, 0.6) is 0 Å². The number of rotatable bonds is 4. The Kier molecular flexibility index (Phi) is 5.28.